The molecule has 3 nitrogen and oxygen atoms in total. The van der Waals surface area contributed by atoms with Gasteiger partial charge in [-0.3, -0.25) is 4.79 Å². The Bertz CT molecular complexity index is 388. The molecule has 0 amide bonds. The van der Waals surface area contributed by atoms with Crippen LogP contribution in [0.25, 0.3) is 0 Å². The van der Waals surface area contributed by atoms with E-state index in [2.05, 4.69) is 4.74 Å². The Morgan fingerprint density at radius 2 is 2.31 bits per heavy atom. The van der Waals surface area contributed by atoms with E-state index >= 15 is 0 Å². The maximum absolute atomic E-state index is 12.7. The van der Waals surface area contributed by atoms with Gasteiger partial charge < -0.3 is 9.64 Å². The first-order valence-electron chi connectivity index (χ1n) is 5.24. The summed E-state index contributed by atoms with van der Waals surface area (Å²) in [7, 11) is 1.37. The fourth-order valence-corrected chi connectivity index (χ4v) is 1.74. The summed E-state index contributed by atoms with van der Waals surface area (Å²) < 4.78 is 17.3. The Labute approximate surface area is 93.8 Å². The third-order valence-corrected chi connectivity index (χ3v) is 2.69. The summed E-state index contributed by atoms with van der Waals surface area (Å²) in [4.78, 5) is 13.1. The van der Waals surface area contributed by atoms with Crippen LogP contribution in [0.3, 0.4) is 0 Å². The number of hydrogen-bond donors (Lipinski definition) is 0. The van der Waals surface area contributed by atoms with E-state index in [9.17, 15) is 9.18 Å². The summed E-state index contributed by atoms with van der Waals surface area (Å²) in [6.07, 6.45) is -0.457. The lowest BCUT2D eigenvalue weighted by Gasteiger charge is -2.36. The van der Waals surface area contributed by atoms with E-state index < -0.39 is 6.17 Å². The average molecular weight is 223 g/mol. The number of esters is 1. The molecule has 1 aliphatic rings. The molecule has 0 aromatic heterocycles. The number of hydrogen-bond acceptors (Lipinski definition) is 3. The Morgan fingerprint density at radius 1 is 1.56 bits per heavy atom. The number of ether oxygens (including phenoxy) is 1. The highest BCUT2D eigenvalue weighted by Gasteiger charge is 2.26. The van der Waals surface area contributed by atoms with Crippen LogP contribution in [0.2, 0.25) is 0 Å². The van der Waals surface area contributed by atoms with E-state index in [1.54, 1.807) is 0 Å². The van der Waals surface area contributed by atoms with Gasteiger partial charge in [0.05, 0.1) is 26.6 Å². The highest BCUT2D eigenvalue weighted by Crippen LogP contribution is 2.23. The smallest absolute Gasteiger partial charge is 0.309 e. The molecule has 16 heavy (non-hydrogen) atoms. The topological polar surface area (TPSA) is 29.5 Å². The van der Waals surface area contributed by atoms with Crippen molar-refractivity contribution in [2.45, 2.75) is 12.6 Å². The van der Waals surface area contributed by atoms with Crippen molar-refractivity contribution < 1.29 is 13.9 Å². The predicted octanol–water partition coefficient (Wildman–Crippen LogP) is 1.56. The molecule has 2 rings (SSSR count). The van der Waals surface area contributed by atoms with Crippen molar-refractivity contribution in [3.05, 3.63) is 29.8 Å². The van der Waals surface area contributed by atoms with Crippen molar-refractivity contribution >= 4 is 11.7 Å². The van der Waals surface area contributed by atoms with E-state index in [0.717, 1.165) is 11.3 Å². The van der Waals surface area contributed by atoms with Crippen LogP contribution < -0.4 is 4.90 Å². The summed E-state index contributed by atoms with van der Waals surface area (Å²) in [5, 5.41) is 0. The number of methoxy groups -OCH3 is 1. The Balaban J connectivity index is 2.05. The monoisotopic (exact) mass is 223 g/mol. The second-order valence-electron chi connectivity index (χ2n) is 3.93. The van der Waals surface area contributed by atoms with E-state index in [0.29, 0.717) is 13.1 Å². The molecule has 1 saturated heterocycles. The van der Waals surface area contributed by atoms with Crippen LogP contribution >= 0.6 is 0 Å². The number of benzene rings is 1. The van der Waals surface area contributed by atoms with Crippen LogP contribution in [-0.2, 0) is 16.0 Å². The standard InChI is InChI=1S/C12H14FNO2/c1-16-12(15)6-9-3-2-4-11(5-9)14-7-10(13)8-14/h2-5,10H,6-8H2,1H3. The summed E-state index contributed by atoms with van der Waals surface area (Å²) in [6.45, 7) is 0.892. The Hall–Kier alpha value is -1.58. The number of halogens is 1. The van der Waals surface area contributed by atoms with Crippen molar-refractivity contribution in [1.29, 1.82) is 0 Å². The minimum Gasteiger partial charge on any atom is -0.469 e. The van der Waals surface area contributed by atoms with Gasteiger partial charge in [-0.05, 0) is 17.7 Å². The molecule has 86 valence electrons. The molecule has 0 aliphatic carbocycles. The lowest BCUT2D eigenvalue weighted by atomic mass is 10.1. The minimum atomic E-state index is -0.718. The normalized spacial score (nSPS) is 15.8. The molecular weight excluding hydrogens is 209 g/mol. The van der Waals surface area contributed by atoms with Gasteiger partial charge in [-0.2, -0.15) is 0 Å². The molecule has 0 radical (unpaired) electrons. The molecule has 0 unspecified atom stereocenters. The van der Waals surface area contributed by atoms with Gasteiger partial charge in [0.15, 0.2) is 0 Å². The molecule has 0 atom stereocenters. The second-order valence-corrected chi connectivity index (χ2v) is 3.93. The molecule has 1 aliphatic heterocycles. The molecule has 0 spiro atoms. The first-order valence-corrected chi connectivity index (χ1v) is 5.24. The fourth-order valence-electron chi connectivity index (χ4n) is 1.74. The molecule has 4 heteroatoms. The average Bonchev–Trinajstić information content (AvgIpc) is 2.25. The quantitative estimate of drug-likeness (QED) is 0.728. The zero-order chi connectivity index (χ0) is 11.5. The molecule has 0 bridgehead atoms. The third kappa shape index (κ3) is 2.32. The zero-order valence-corrected chi connectivity index (χ0v) is 9.15. The zero-order valence-electron chi connectivity index (χ0n) is 9.15. The largest absolute Gasteiger partial charge is 0.469 e. The third-order valence-electron chi connectivity index (χ3n) is 2.69. The number of carbonyl (C=O) groups is 1. The van der Waals surface area contributed by atoms with E-state index in [1.807, 2.05) is 29.2 Å². The van der Waals surface area contributed by atoms with Crippen LogP contribution in [0.15, 0.2) is 24.3 Å². The van der Waals surface area contributed by atoms with Gasteiger partial charge in [-0.15, -0.1) is 0 Å². The molecule has 0 N–H and O–H groups in total. The van der Waals surface area contributed by atoms with Crippen molar-refractivity contribution in [2.24, 2.45) is 0 Å². The van der Waals surface area contributed by atoms with Gasteiger partial charge >= 0.3 is 5.97 Å². The number of alkyl halides is 1. The Morgan fingerprint density at radius 3 is 2.94 bits per heavy atom. The van der Waals surface area contributed by atoms with Crippen LogP contribution in [-0.4, -0.2) is 32.3 Å². The van der Waals surface area contributed by atoms with E-state index in [-0.39, 0.29) is 12.4 Å². The molecular formula is C12H14FNO2. The van der Waals surface area contributed by atoms with E-state index in [4.69, 9.17) is 0 Å². The predicted molar refractivity (Wildman–Crippen MR) is 59.3 cm³/mol. The van der Waals surface area contributed by atoms with Crippen LogP contribution in [0, 0.1) is 0 Å². The highest BCUT2D eigenvalue weighted by molar-refractivity contribution is 5.73. The number of carbonyl (C=O) groups excluding carboxylic acids is 1. The SMILES string of the molecule is COC(=O)Cc1cccc(N2CC(F)C2)c1. The summed E-state index contributed by atoms with van der Waals surface area (Å²) in [5.41, 5.74) is 1.86. The van der Waals surface area contributed by atoms with Crippen LogP contribution in [0.4, 0.5) is 10.1 Å². The second kappa shape index (κ2) is 4.51. The molecule has 1 heterocycles. The van der Waals surface area contributed by atoms with Crippen molar-refractivity contribution in [1.82, 2.24) is 0 Å². The number of rotatable bonds is 3. The first kappa shape index (κ1) is 10.9. The van der Waals surface area contributed by atoms with Crippen LogP contribution in [0.5, 0.6) is 0 Å². The highest BCUT2D eigenvalue weighted by atomic mass is 19.1. The van der Waals surface area contributed by atoms with Gasteiger partial charge in [0, 0.05) is 5.69 Å². The first-order chi connectivity index (χ1) is 7.69. The number of nitrogens with zero attached hydrogens (tertiary/aromatic N) is 1. The van der Waals surface area contributed by atoms with E-state index in [1.165, 1.54) is 7.11 Å². The number of anilines is 1. The van der Waals surface area contributed by atoms with Crippen molar-refractivity contribution in [3.8, 4) is 0 Å². The van der Waals surface area contributed by atoms with Gasteiger partial charge in [-0.1, -0.05) is 12.1 Å². The summed E-state index contributed by atoms with van der Waals surface area (Å²) in [6, 6.07) is 7.57. The summed E-state index contributed by atoms with van der Waals surface area (Å²) >= 11 is 0. The van der Waals surface area contributed by atoms with Crippen LogP contribution in [0.1, 0.15) is 5.56 Å². The van der Waals surface area contributed by atoms with Gasteiger partial charge in [0.2, 0.25) is 0 Å². The van der Waals surface area contributed by atoms with Gasteiger partial charge in [-0.25, -0.2) is 4.39 Å². The maximum Gasteiger partial charge on any atom is 0.309 e. The Kier molecular flexibility index (Phi) is 3.08. The fraction of sp³-hybridized carbons (Fsp3) is 0.417. The molecule has 0 saturated carbocycles. The summed E-state index contributed by atoms with van der Waals surface area (Å²) in [5.74, 6) is -0.260. The van der Waals surface area contributed by atoms with Gasteiger partial charge in [0.25, 0.3) is 0 Å². The lowest BCUT2D eigenvalue weighted by molar-refractivity contribution is -0.139. The van der Waals surface area contributed by atoms with Gasteiger partial charge in [0.1, 0.15) is 6.17 Å². The molecule has 1 aromatic carbocycles. The van der Waals surface area contributed by atoms with Crippen molar-refractivity contribution in [2.75, 3.05) is 25.1 Å². The van der Waals surface area contributed by atoms with Crippen molar-refractivity contribution in [3.63, 3.8) is 0 Å². The maximum atomic E-state index is 12.7. The lowest BCUT2D eigenvalue weighted by Crippen LogP contribution is -2.48. The minimum absolute atomic E-state index is 0.260. The molecule has 1 aromatic rings. The molecule has 1 fully saturated rings.